The molecule has 0 fully saturated rings. The monoisotopic (exact) mass is 554 g/mol. The van der Waals surface area contributed by atoms with Crippen molar-refractivity contribution in [3.63, 3.8) is 0 Å². The van der Waals surface area contributed by atoms with Gasteiger partial charge in [-0.15, -0.1) is 0 Å². The van der Waals surface area contributed by atoms with Crippen LogP contribution in [0.15, 0.2) is 119 Å². The maximum atomic E-state index is 13.6. The maximum absolute atomic E-state index is 13.6. The summed E-state index contributed by atoms with van der Waals surface area (Å²) in [5.74, 6) is -0.247. The number of hydrogen-bond acceptors (Lipinski definition) is 6. The summed E-state index contributed by atoms with van der Waals surface area (Å²) in [6.45, 7) is 0. The number of rotatable bonds is 4. The van der Waals surface area contributed by atoms with E-state index in [4.69, 9.17) is 0 Å². The summed E-state index contributed by atoms with van der Waals surface area (Å²) >= 11 is 0. The SMILES string of the molecule is O=C1C=Cc2ccccc2/C1=C/Nc1ccc2c(c1)S(=O)(=O)c1cc(N/C=C3\C(=O)C=Cc4ccccc43)ccc1-2. The number of benzene rings is 4. The Bertz CT molecular complexity index is 1910. The van der Waals surface area contributed by atoms with E-state index in [0.29, 0.717) is 33.6 Å². The predicted molar refractivity (Wildman–Crippen MR) is 161 cm³/mol. The fourth-order valence-electron chi connectivity index (χ4n) is 5.39. The largest absolute Gasteiger partial charge is 0.361 e. The number of nitrogens with one attached hydrogen (secondary N) is 2. The van der Waals surface area contributed by atoms with E-state index in [0.717, 1.165) is 22.3 Å². The molecule has 0 radical (unpaired) electrons. The lowest BCUT2D eigenvalue weighted by Crippen LogP contribution is -2.07. The first-order valence-corrected chi connectivity index (χ1v) is 14.5. The zero-order valence-corrected chi connectivity index (χ0v) is 22.4. The molecule has 3 aliphatic rings. The summed E-state index contributed by atoms with van der Waals surface area (Å²) in [6.07, 6.45) is 9.88. The maximum Gasteiger partial charge on any atom is 0.207 e. The second-order valence-electron chi connectivity index (χ2n) is 9.90. The van der Waals surface area contributed by atoms with Crippen molar-refractivity contribution in [2.24, 2.45) is 0 Å². The van der Waals surface area contributed by atoms with E-state index < -0.39 is 9.84 Å². The molecule has 0 aromatic heterocycles. The van der Waals surface area contributed by atoms with Gasteiger partial charge in [0.2, 0.25) is 9.84 Å². The van der Waals surface area contributed by atoms with Crippen molar-refractivity contribution in [2.45, 2.75) is 9.79 Å². The molecule has 0 atom stereocenters. The van der Waals surface area contributed by atoms with Gasteiger partial charge in [0.05, 0.1) is 9.79 Å². The molecule has 4 aromatic carbocycles. The number of ketones is 2. The van der Waals surface area contributed by atoms with E-state index in [1.165, 1.54) is 12.2 Å². The molecule has 198 valence electrons. The fourth-order valence-corrected chi connectivity index (χ4v) is 7.13. The van der Waals surface area contributed by atoms with Crippen LogP contribution in [0.3, 0.4) is 0 Å². The predicted octanol–water partition coefficient (Wildman–Crippen LogP) is 6.60. The fraction of sp³-hybridized carbons (Fsp3) is 0. The molecule has 0 saturated heterocycles. The molecule has 0 saturated carbocycles. The molecule has 2 aliphatic carbocycles. The molecule has 0 bridgehead atoms. The molecule has 7 rings (SSSR count). The minimum atomic E-state index is -3.79. The molecule has 0 amide bonds. The van der Waals surface area contributed by atoms with Crippen LogP contribution in [-0.4, -0.2) is 20.0 Å². The average molecular weight is 555 g/mol. The lowest BCUT2D eigenvalue weighted by molar-refractivity contribution is -0.110. The quantitative estimate of drug-likeness (QED) is 0.243. The third kappa shape index (κ3) is 4.15. The van der Waals surface area contributed by atoms with Crippen molar-refractivity contribution in [2.75, 3.05) is 10.6 Å². The zero-order valence-electron chi connectivity index (χ0n) is 21.6. The van der Waals surface area contributed by atoms with Gasteiger partial charge in [0.15, 0.2) is 11.6 Å². The Kier molecular flexibility index (Phi) is 5.69. The molecule has 41 heavy (non-hydrogen) atoms. The van der Waals surface area contributed by atoms with Crippen molar-refractivity contribution < 1.29 is 18.0 Å². The van der Waals surface area contributed by atoms with Crippen LogP contribution in [-0.2, 0) is 19.4 Å². The van der Waals surface area contributed by atoms with Gasteiger partial charge in [-0.25, -0.2) is 8.42 Å². The molecule has 1 heterocycles. The van der Waals surface area contributed by atoms with Crippen LogP contribution in [0.5, 0.6) is 0 Å². The Morgan fingerprint density at radius 3 is 1.41 bits per heavy atom. The molecule has 7 heteroatoms. The molecule has 4 aromatic rings. The summed E-state index contributed by atoms with van der Waals surface area (Å²) < 4.78 is 27.2. The number of carbonyl (C=O) groups is 2. The van der Waals surface area contributed by atoms with Gasteiger partial charge in [-0.1, -0.05) is 72.8 Å². The molecule has 0 spiro atoms. The Balaban J connectivity index is 1.18. The lowest BCUT2D eigenvalue weighted by Gasteiger charge is -2.13. The van der Waals surface area contributed by atoms with Crippen LogP contribution < -0.4 is 10.6 Å². The van der Waals surface area contributed by atoms with E-state index in [-0.39, 0.29) is 21.4 Å². The Morgan fingerprint density at radius 2 is 0.951 bits per heavy atom. The van der Waals surface area contributed by atoms with E-state index in [1.807, 2.05) is 48.5 Å². The van der Waals surface area contributed by atoms with E-state index >= 15 is 0 Å². The van der Waals surface area contributed by atoms with Gasteiger partial charge >= 0.3 is 0 Å². The average Bonchev–Trinajstić information content (AvgIpc) is 3.21. The first kappa shape index (κ1) is 24.7. The first-order valence-electron chi connectivity index (χ1n) is 13.0. The van der Waals surface area contributed by atoms with Gasteiger partial charge < -0.3 is 10.6 Å². The van der Waals surface area contributed by atoms with Crippen molar-refractivity contribution in [1.82, 2.24) is 0 Å². The number of fused-ring (bicyclic) bond motifs is 5. The topological polar surface area (TPSA) is 92.3 Å². The van der Waals surface area contributed by atoms with Crippen LogP contribution in [0.4, 0.5) is 11.4 Å². The van der Waals surface area contributed by atoms with Gasteiger partial charge in [-0.05, 0) is 58.7 Å². The van der Waals surface area contributed by atoms with Crippen molar-refractivity contribution in [1.29, 1.82) is 0 Å². The lowest BCUT2D eigenvalue weighted by atomic mass is 9.92. The zero-order chi connectivity index (χ0) is 28.1. The summed E-state index contributed by atoms with van der Waals surface area (Å²) in [4.78, 5) is 25.5. The van der Waals surface area contributed by atoms with E-state index in [9.17, 15) is 18.0 Å². The summed E-state index contributed by atoms with van der Waals surface area (Å²) in [5.41, 5.74) is 6.88. The van der Waals surface area contributed by atoms with Crippen molar-refractivity contribution >= 4 is 56.1 Å². The highest BCUT2D eigenvalue weighted by molar-refractivity contribution is 7.92. The standard InChI is InChI=1S/C34H22N2O4S/c37-31-15-9-21-5-1-3-7-25(21)29(31)19-35-23-11-13-27-28-14-12-24(18-34(28)41(39,40)33(27)17-23)36-20-30-26-8-4-2-6-22(26)10-16-32(30)38/h1-20,35-36H/b29-19-,30-20-. The highest BCUT2D eigenvalue weighted by atomic mass is 32.2. The molecule has 0 unspecified atom stereocenters. The number of carbonyl (C=O) groups excluding carboxylic acids is 2. The number of sulfone groups is 1. The number of hydrogen-bond donors (Lipinski definition) is 2. The Labute approximate surface area is 237 Å². The van der Waals surface area contributed by atoms with Crippen LogP contribution >= 0.6 is 0 Å². The highest BCUT2D eigenvalue weighted by Crippen LogP contribution is 2.45. The van der Waals surface area contributed by atoms with Crippen molar-refractivity contribution in [3.05, 3.63) is 132 Å². The molecule has 6 nitrogen and oxygen atoms in total. The number of allylic oxidation sites excluding steroid dienone is 4. The van der Waals surface area contributed by atoms with Gasteiger partial charge in [0.25, 0.3) is 0 Å². The Hall–Kier alpha value is -5.27. The normalized spacial score (nSPS) is 17.7. The Morgan fingerprint density at radius 1 is 0.512 bits per heavy atom. The third-order valence-electron chi connectivity index (χ3n) is 7.46. The smallest absolute Gasteiger partial charge is 0.207 e. The second-order valence-corrected chi connectivity index (χ2v) is 11.8. The molecular formula is C34H22N2O4S. The first-order chi connectivity index (χ1) is 19.9. The highest BCUT2D eigenvalue weighted by Gasteiger charge is 2.33. The molecule has 2 N–H and O–H groups in total. The van der Waals surface area contributed by atoms with Gasteiger partial charge in [-0.3, -0.25) is 9.59 Å². The van der Waals surface area contributed by atoms with Gasteiger partial charge in [-0.2, -0.15) is 0 Å². The number of anilines is 2. The minimum Gasteiger partial charge on any atom is -0.361 e. The minimum absolute atomic E-state index is 0.123. The van der Waals surface area contributed by atoms with Gasteiger partial charge in [0.1, 0.15) is 0 Å². The molecular weight excluding hydrogens is 532 g/mol. The third-order valence-corrected chi connectivity index (χ3v) is 9.29. The second kappa shape index (κ2) is 9.43. The van der Waals surface area contributed by atoms with Crippen LogP contribution in [0.2, 0.25) is 0 Å². The van der Waals surface area contributed by atoms with Crippen LogP contribution in [0, 0.1) is 0 Å². The van der Waals surface area contributed by atoms with Crippen LogP contribution in [0.1, 0.15) is 22.3 Å². The summed E-state index contributed by atoms with van der Waals surface area (Å²) in [6, 6.07) is 25.6. The van der Waals surface area contributed by atoms with Crippen LogP contribution in [0.25, 0.3) is 34.4 Å². The van der Waals surface area contributed by atoms with E-state index in [1.54, 1.807) is 61.0 Å². The summed E-state index contributed by atoms with van der Waals surface area (Å²) in [7, 11) is -3.79. The van der Waals surface area contributed by atoms with Crippen molar-refractivity contribution in [3.8, 4) is 11.1 Å². The van der Waals surface area contributed by atoms with E-state index in [2.05, 4.69) is 10.6 Å². The molecule has 1 aliphatic heterocycles. The van der Waals surface area contributed by atoms with Gasteiger partial charge in [0, 0.05) is 46.0 Å². The summed E-state index contributed by atoms with van der Waals surface area (Å²) in [5, 5.41) is 6.24.